The molecule has 1 aliphatic rings. The minimum Gasteiger partial charge on any atom is -0.366 e. The Morgan fingerprint density at radius 1 is 0.800 bits per heavy atom. The fourth-order valence-electron chi connectivity index (χ4n) is 3.36. The Labute approximate surface area is 150 Å². The Bertz CT molecular complexity index is 1140. The molecule has 0 saturated carbocycles. The Morgan fingerprint density at radius 2 is 1.60 bits per heavy atom. The zero-order valence-corrected chi connectivity index (χ0v) is 14.4. The van der Waals surface area contributed by atoms with E-state index >= 15 is 0 Å². The first kappa shape index (κ1) is 14.4. The van der Waals surface area contributed by atoms with Crippen molar-refractivity contribution in [3.8, 4) is 0 Å². The van der Waals surface area contributed by atoms with Gasteiger partial charge in [0, 0.05) is 31.4 Å². The van der Waals surface area contributed by atoms with Gasteiger partial charge in [-0.05, 0) is 17.7 Å². The standard InChI is InChI=1S/C22H16N2S/c1-2-7-15(8-3-1)19-13-20(24-14-23-19)18-11-6-10-17-16-9-4-5-12-21(16)25-22(17)18/h1-13,24H,14H2. The fraction of sp³-hybridized carbons (Fsp3) is 0.0455. The number of nitrogens with zero attached hydrogens (tertiary/aromatic N) is 1. The van der Waals surface area contributed by atoms with E-state index in [1.165, 1.54) is 25.7 Å². The number of nitrogens with one attached hydrogen (secondary N) is 1. The lowest BCUT2D eigenvalue weighted by Gasteiger charge is -2.16. The normalized spacial score (nSPS) is 14.2. The van der Waals surface area contributed by atoms with Crippen LogP contribution in [0.25, 0.3) is 25.9 Å². The average molecular weight is 340 g/mol. The lowest BCUT2D eigenvalue weighted by Crippen LogP contribution is -2.20. The summed E-state index contributed by atoms with van der Waals surface area (Å²) < 4.78 is 2.66. The van der Waals surface area contributed by atoms with E-state index in [-0.39, 0.29) is 0 Å². The van der Waals surface area contributed by atoms with Crippen LogP contribution in [0.3, 0.4) is 0 Å². The van der Waals surface area contributed by atoms with Gasteiger partial charge in [-0.2, -0.15) is 0 Å². The van der Waals surface area contributed by atoms with Gasteiger partial charge in [0.2, 0.25) is 0 Å². The summed E-state index contributed by atoms with van der Waals surface area (Å²) in [6.07, 6.45) is 2.16. The highest BCUT2D eigenvalue weighted by Gasteiger charge is 2.14. The van der Waals surface area contributed by atoms with Crippen LogP contribution in [0.2, 0.25) is 0 Å². The molecule has 4 aromatic rings. The number of thiophene rings is 1. The Morgan fingerprint density at radius 3 is 2.52 bits per heavy atom. The molecule has 120 valence electrons. The smallest absolute Gasteiger partial charge is 0.108 e. The van der Waals surface area contributed by atoms with Crippen LogP contribution >= 0.6 is 11.3 Å². The molecule has 3 heteroatoms. The molecule has 2 heterocycles. The van der Waals surface area contributed by atoms with Crippen molar-refractivity contribution in [3.63, 3.8) is 0 Å². The summed E-state index contributed by atoms with van der Waals surface area (Å²) in [6.45, 7) is 0.608. The topological polar surface area (TPSA) is 24.4 Å². The number of hydrogen-bond donors (Lipinski definition) is 1. The summed E-state index contributed by atoms with van der Waals surface area (Å²) in [7, 11) is 0. The number of hydrogen-bond acceptors (Lipinski definition) is 3. The van der Waals surface area contributed by atoms with Crippen LogP contribution in [0.4, 0.5) is 0 Å². The molecule has 0 spiro atoms. The highest BCUT2D eigenvalue weighted by atomic mass is 32.1. The molecule has 0 radical (unpaired) electrons. The zero-order chi connectivity index (χ0) is 16.6. The van der Waals surface area contributed by atoms with E-state index in [9.17, 15) is 0 Å². The van der Waals surface area contributed by atoms with Gasteiger partial charge in [0.15, 0.2) is 0 Å². The van der Waals surface area contributed by atoms with E-state index in [0.29, 0.717) is 6.67 Å². The maximum atomic E-state index is 4.63. The summed E-state index contributed by atoms with van der Waals surface area (Å²) in [6, 6.07) is 25.5. The molecule has 3 aromatic carbocycles. The third-order valence-electron chi connectivity index (χ3n) is 4.56. The molecule has 1 N–H and O–H groups in total. The first-order valence-electron chi connectivity index (χ1n) is 8.36. The molecule has 0 aliphatic carbocycles. The van der Waals surface area contributed by atoms with Crippen LogP contribution in [-0.2, 0) is 0 Å². The Balaban J connectivity index is 1.68. The second-order valence-corrected chi connectivity index (χ2v) is 7.13. The molecule has 1 aliphatic heterocycles. The van der Waals surface area contributed by atoms with Gasteiger partial charge < -0.3 is 5.32 Å². The summed E-state index contributed by atoms with van der Waals surface area (Å²) >= 11 is 1.86. The Kier molecular flexibility index (Phi) is 3.39. The number of rotatable bonds is 2. The number of fused-ring (bicyclic) bond motifs is 3. The summed E-state index contributed by atoms with van der Waals surface area (Å²) in [5.41, 5.74) is 4.59. The molecule has 0 unspecified atom stereocenters. The molecule has 5 rings (SSSR count). The van der Waals surface area contributed by atoms with Gasteiger partial charge in [0.25, 0.3) is 0 Å². The predicted octanol–water partition coefficient (Wildman–Crippen LogP) is 5.45. The third kappa shape index (κ3) is 2.44. The molecular formula is C22H16N2S. The van der Waals surface area contributed by atoms with Gasteiger partial charge in [-0.3, -0.25) is 4.99 Å². The lowest BCUT2D eigenvalue weighted by atomic mass is 10.0. The van der Waals surface area contributed by atoms with Gasteiger partial charge in [0.05, 0.1) is 5.71 Å². The average Bonchev–Trinajstić information content (AvgIpc) is 3.07. The van der Waals surface area contributed by atoms with Crippen molar-refractivity contribution in [2.75, 3.05) is 6.67 Å². The van der Waals surface area contributed by atoms with E-state index in [1.54, 1.807) is 0 Å². The second kappa shape index (κ2) is 5.87. The van der Waals surface area contributed by atoms with Crippen LogP contribution in [0.15, 0.2) is 83.9 Å². The van der Waals surface area contributed by atoms with Crippen LogP contribution in [0, 0.1) is 0 Å². The van der Waals surface area contributed by atoms with E-state index in [0.717, 1.165) is 17.0 Å². The summed E-state index contributed by atoms with van der Waals surface area (Å²) in [5, 5.41) is 6.11. The van der Waals surface area contributed by atoms with Crippen molar-refractivity contribution in [2.24, 2.45) is 4.99 Å². The largest absolute Gasteiger partial charge is 0.366 e. The van der Waals surface area contributed by atoms with Gasteiger partial charge >= 0.3 is 0 Å². The number of allylic oxidation sites excluding steroid dienone is 1. The van der Waals surface area contributed by atoms with Gasteiger partial charge in [-0.15, -0.1) is 11.3 Å². The molecule has 0 fully saturated rings. The second-order valence-electron chi connectivity index (χ2n) is 6.08. The molecule has 0 amide bonds. The maximum absolute atomic E-state index is 4.63. The molecular weight excluding hydrogens is 324 g/mol. The van der Waals surface area contributed by atoms with Crippen LogP contribution in [0.5, 0.6) is 0 Å². The van der Waals surface area contributed by atoms with E-state index in [4.69, 9.17) is 0 Å². The highest BCUT2D eigenvalue weighted by molar-refractivity contribution is 7.26. The molecule has 0 atom stereocenters. The van der Waals surface area contributed by atoms with Crippen molar-refractivity contribution < 1.29 is 0 Å². The Hall–Kier alpha value is -2.91. The number of benzene rings is 3. The van der Waals surface area contributed by atoms with Gasteiger partial charge in [-0.1, -0.05) is 66.7 Å². The molecule has 0 bridgehead atoms. The third-order valence-corrected chi connectivity index (χ3v) is 5.78. The van der Waals surface area contributed by atoms with Crippen molar-refractivity contribution in [1.82, 2.24) is 5.32 Å². The molecule has 1 aromatic heterocycles. The van der Waals surface area contributed by atoms with Crippen LogP contribution in [0.1, 0.15) is 11.1 Å². The van der Waals surface area contributed by atoms with Crippen LogP contribution < -0.4 is 5.32 Å². The first-order valence-corrected chi connectivity index (χ1v) is 9.18. The molecule has 0 saturated heterocycles. The SMILES string of the molecule is C1=C(c2cccc3c2sc2ccccc23)NCN=C1c1ccccc1. The predicted molar refractivity (Wildman–Crippen MR) is 108 cm³/mol. The van der Waals surface area contributed by atoms with Crippen molar-refractivity contribution in [2.45, 2.75) is 0 Å². The van der Waals surface area contributed by atoms with Crippen molar-refractivity contribution in [1.29, 1.82) is 0 Å². The minimum absolute atomic E-state index is 0.608. The first-order chi connectivity index (χ1) is 12.4. The van der Waals surface area contributed by atoms with Crippen LogP contribution in [-0.4, -0.2) is 12.4 Å². The van der Waals surface area contributed by atoms with Gasteiger partial charge in [-0.25, -0.2) is 0 Å². The van der Waals surface area contributed by atoms with Gasteiger partial charge in [0.1, 0.15) is 6.67 Å². The summed E-state index contributed by atoms with van der Waals surface area (Å²) in [4.78, 5) is 4.63. The lowest BCUT2D eigenvalue weighted by molar-refractivity contribution is 0.895. The minimum atomic E-state index is 0.608. The number of aliphatic imine (C=N–C) groups is 1. The quantitative estimate of drug-likeness (QED) is 0.516. The fourth-order valence-corrected chi connectivity index (χ4v) is 4.59. The monoisotopic (exact) mass is 340 g/mol. The molecule has 2 nitrogen and oxygen atoms in total. The van der Waals surface area contributed by atoms with E-state index < -0.39 is 0 Å². The zero-order valence-electron chi connectivity index (χ0n) is 13.6. The highest BCUT2D eigenvalue weighted by Crippen LogP contribution is 2.37. The maximum Gasteiger partial charge on any atom is 0.108 e. The van der Waals surface area contributed by atoms with Crippen molar-refractivity contribution in [3.05, 3.63) is 90.0 Å². The summed E-state index contributed by atoms with van der Waals surface area (Å²) in [5.74, 6) is 0. The van der Waals surface area contributed by atoms with E-state index in [2.05, 4.69) is 83.1 Å². The van der Waals surface area contributed by atoms with E-state index in [1.807, 2.05) is 17.4 Å². The molecule has 25 heavy (non-hydrogen) atoms. The van der Waals surface area contributed by atoms with Crippen molar-refractivity contribution >= 4 is 42.9 Å².